The zero-order valence-electron chi connectivity index (χ0n) is 18.4. The number of carbonyl (C=O) groups excluding carboxylic acids is 1. The quantitative estimate of drug-likeness (QED) is 0.402. The molecule has 2 heterocycles. The molecule has 0 spiro atoms. The summed E-state index contributed by atoms with van der Waals surface area (Å²) in [5.41, 5.74) is 6.24. The molecule has 1 fully saturated rings. The summed E-state index contributed by atoms with van der Waals surface area (Å²) < 4.78 is 27.0. The third kappa shape index (κ3) is 3.65. The Kier molecular flexibility index (Phi) is 5.50. The van der Waals surface area contributed by atoms with Crippen molar-refractivity contribution in [2.24, 2.45) is 0 Å². The van der Waals surface area contributed by atoms with Crippen LogP contribution in [0.15, 0.2) is 77.3 Å². The first kappa shape index (κ1) is 21.6. The summed E-state index contributed by atoms with van der Waals surface area (Å²) in [6.07, 6.45) is 2.13. The first-order valence-electron chi connectivity index (χ1n) is 11.5. The standard InChI is InChI=1S/C28H23BrFNO3/c29-18-9-10-27(30)25(13-18)17-11-19-14-33-15-20(12-17)31(19)28(32)34-16-26-23-7-3-1-5-21(23)22-6-2-4-8-24(22)26/h1-11,13,19-20,26H,12,14-16H2. The first-order valence-corrected chi connectivity index (χ1v) is 12.3. The monoisotopic (exact) mass is 519 g/mol. The Hall–Kier alpha value is -2.96. The summed E-state index contributed by atoms with van der Waals surface area (Å²) in [6, 6.07) is 21.1. The van der Waals surface area contributed by atoms with E-state index in [1.54, 1.807) is 17.0 Å². The third-order valence-electron chi connectivity index (χ3n) is 7.02. The van der Waals surface area contributed by atoms with E-state index in [2.05, 4.69) is 40.2 Å². The second-order valence-electron chi connectivity index (χ2n) is 8.99. The number of ether oxygens (including phenoxy) is 2. The molecule has 2 atom stereocenters. The highest BCUT2D eigenvalue weighted by molar-refractivity contribution is 9.10. The molecule has 6 rings (SSSR count). The molecule has 172 valence electrons. The van der Waals surface area contributed by atoms with E-state index in [1.807, 2.05) is 30.3 Å². The van der Waals surface area contributed by atoms with Gasteiger partial charge in [0.2, 0.25) is 0 Å². The van der Waals surface area contributed by atoms with E-state index in [-0.39, 0.29) is 36.5 Å². The van der Waals surface area contributed by atoms with Crippen LogP contribution in [0.25, 0.3) is 16.7 Å². The van der Waals surface area contributed by atoms with Crippen molar-refractivity contribution in [1.82, 2.24) is 4.90 Å². The Balaban J connectivity index is 1.23. The van der Waals surface area contributed by atoms with Crippen molar-refractivity contribution in [3.8, 4) is 11.1 Å². The maximum absolute atomic E-state index is 14.5. The molecule has 34 heavy (non-hydrogen) atoms. The zero-order valence-corrected chi connectivity index (χ0v) is 20.0. The molecule has 0 aromatic heterocycles. The fourth-order valence-corrected chi connectivity index (χ4v) is 5.85. The van der Waals surface area contributed by atoms with Gasteiger partial charge in [0.15, 0.2) is 0 Å². The largest absolute Gasteiger partial charge is 0.448 e. The smallest absolute Gasteiger partial charge is 0.410 e. The average Bonchev–Trinajstić information content (AvgIpc) is 3.17. The van der Waals surface area contributed by atoms with Crippen LogP contribution < -0.4 is 0 Å². The number of halogens is 2. The Morgan fingerprint density at radius 2 is 1.71 bits per heavy atom. The molecule has 6 heteroatoms. The van der Waals surface area contributed by atoms with Crippen molar-refractivity contribution in [2.45, 2.75) is 24.4 Å². The second kappa shape index (κ2) is 8.67. The fourth-order valence-electron chi connectivity index (χ4n) is 5.49. The van der Waals surface area contributed by atoms with E-state index in [1.165, 1.54) is 28.3 Å². The number of carbonyl (C=O) groups is 1. The van der Waals surface area contributed by atoms with E-state index in [0.717, 1.165) is 10.0 Å². The molecule has 3 aromatic carbocycles. The maximum atomic E-state index is 14.5. The summed E-state index contributed by atoms with van der Waals surface area (Å²) in [5.74, 6) is -0.248. The van der Waals surface area contributed by atoms with Crippen molar-refractivity contribution < 1.29 is 18.7 Å². The van der Waals surface area contributed by atoms with Crippen molar-refractivity contribution >= 4 is 27.6 Å². The van der Waals surface area contributed by atoms with Crippen LogP contribution in [0, 0.1) is 5.82 Å². The highest BCUT2D eigenvalue weighted by Crippen LogP contribution is 2.44. The summed E-state index contributed by atoms with van der Waals surface area (Å²) >= 11 is 3.43. The van der Waals surface area contributed by atoms with Crippen LogP contribution in [0.1, 0.15) is 29.0 Å². The molecule has 3 aliphatic rings. The lowest BCUT2D eigenvalue weighted by Gasteiger charge is -2.44. The lowest BCUT2D eigenvalue weighted by molar-refractivity contribution is -0.0331. The van der Waals surface area contributed by atoms with E-state index in [4.69, 9.17) is 9.47 Å². The van der Waals surface area contributed by atoms with Crippen LogP contribution >= 0.6 is 15.9 Å². The Morgan fingerprint density at radius 3 is 2.41 bits per heavy atom. The van der Waals surface area contributed by atoms with Crippen molar-refractivity contribution in [3.63, 3.8) is 0 Å². The van der Waals surface area contributed by atoms with Crippen LogP contribution in [0.3, 0.4) is 0 Å². The minimum Gasteiger partial charge on any atom is -0.448 e. The lowest BCUT2D eigenvalue weighted by atomic mass is 9.90. The number of fused-ring (bicyclic) bond motifs is 5. The Bertz CT molecular complexity index is 1260. The normalized spacial score (nSPS) is 21.0. The van der Waals surface area contributed by atoms with Gasteiger partial charge in [0.1, 0.15) is 12.4 Å². The molecule has 2 aliphatic heterocycles. The van der Waals surface area contributed by atoms with Gasteiger partial charge in [0.05, 0.1) is 25.3 Å². The van der Waals surface area contributed by atoms with Crippen LogP contribution in [0.4, 0.5) is 9.18 Å². The molecule has 0 saturated carbocycles. The van der Waals surface area contributed by atoms with E-state index >= 15 is 0 Å². The summed E-state index contributed by atoms with van der Waals surface area (Å²) in [4.78, 5) is 15.1. The van der Waals surface area contributed by atoms with Gasteiger partial charge < -0.3 is 9.47 Å². The third-order valence-corrected chi connectivity index (χ3v) is 7.51. The molecule has 2 bridgehead atoms. The van der Waals surface area contributed by atoms with Gasteiger partial charge in [-0.15, -0.1) is 0 Å². The highest BCUT2D eigenvalue weighted by Gasteiger charge is 2.40. The van der Waals surface area contributed by atoms with Gasteiger partial charge in [-0.25, -0.2) is 9.18 Å². The number of amides is 1. The molecule has 2 unspecified atom stereocenters. The van der Waals surface area contributed by atoms with Crippen LogP contribution in [-0.4, -0.2) is 42.9 Å². The SMILES string of the molecule is O=C(OCC1c2ccccc2-c2ccccc21)N1C2C=C(c3cc(Br)ccc3F)CC1COC2. The summed E-state index contributed by atoms with van der Waals surface area (Å²) in [6.45, 7) is 1.06. The van der Waals surface area contributed by atoms with Crippen LogP contribution in [-0.2, 0) is 9.47 Å². The molecule has 1 aliphatic carbocycles. The van der Waals surface area contributed by atoms with Gasteiger partial charge in [-0.05, 0) is 52.4 Å². The molecule has 4 nitrogen and oxygen atoms in total. The van der Waals surface area contributed by atoms with Crippen LogP contribution in [0.2, 0.25) is 0 Å². The topological polar surface area (TPSA) is 38.8 Å². The second-order valence-corrected chi connectivity index (χ2v) is 9.91. The van der Waals surface area contributed by atoms with Gasteiger partial charge in [-0.3, -0.25) is 4.90 Å². The number of rotatable bonds is 3. The van der Waals surface area contributed by atoms with Gasteiger partial charge in [0, 0.05) is 16.0 Å². The molecular weight excluding hydrogens is 497 g/mol. The predicted octanol–water partition coefficient (Wildman–Crippen LogP) is 6.39. The Labute approximate surface area is 206 Å². The van der Waals surface area contributed by atoms with E-state index < -0.39 is 0 Å². The van der Waals surface area contributed by atoms with Gasteiger partial charge >= 0.3 is 6.09 Å². The van der Waals surface area contributed by atoms with Gasteiger partial charge in [-0.2, -0.15) is 0 Å². The van der Waals surface area contributed by atoms with Crippen molar-refractivity contribution in [3.05, 3.63) is 99.8 Å². The minimum absolute atomic E-state index is 0.0131. The molecule has 0 radical (unpaired) electrons. The number of nitrogens with zero attached hydrogens (tertiary/aromatic N) is 1. The number of hydrogen-bond donors (Lipinski definition) is 0. The first-order chi connectivity index (χ1) is 16.6. The van der Waals surface area contributed by atoms with E-state index in [0.29, 0.717) is 25.2 Å². The number of morpholine rings is 1. The maximum Gasteiger partial charge on any atom is 0.410 e. The lowest BCUT2D eigenvalue weighted by Crippen LogP contribution is -2.56. The fraction of sp³-hybridized carbons (Fsp3) is 0.250. The molecule has 3 aromatic rings. The zero-order chi connectivity index (χ0) is 23.2. The van der Waals surface area contributed by atoms with Crippen LogP contribution in [0.5, 0.6) is 0 Å². The van der Waals surface area contributed by atoms with Gasteiger partial charge in [0.25, 0.3) is 0 Å². The Morgan fingerprint density at radius 1 is 1.00 bits per heavy atom. The van der Waals surface area contributed by atoms with E-state index in [9.17, 15) is 9.18 Å². The summed E-state index contributed by atoms with van der Waals surface area (Å²) in [7, 11) is 0. The molecule has 1 saturated heterocycles. The highest BCUT2D eigenvalue weighted by atomic mass is 79.9. The number of benzene rings is 3. The molecule has 1 amide bonds. The molecular formula is C28H23BrFNO3. The van der Waals surface area contributed by atoms with Gasteiger partial charge in [-0.1, -0.05) is 70.5 Å². The van der Waals surface area contributed by atoms with Crippen molar-refractivity contribution in [2.75, 3.05) is 19.8 Å². The van der Waals surface area contributed by atoms with Crippen molar-refractivity contribution in [1.29, 1.82) is 0 Å². The number of hydrogen-bond acceptors (Lipinski definition) is 3. The summed E-state index contributed by atoms with van der Waals surface area (Å²) in [5, 5.41) is 0. The predicted molar refractivity (Wildman–Crippen MR) is 132 cm³/mol. The average molecular weight is 520 g/mol. The molecule has 0 N–H and O–H groups in total. The minimum atomic E-state index is -0.342.